The van der Waals surface area contributed by atoms with Crippen molar-refractivity contribution in [2.24, 2.45) is 5.14 Å². The van der Waals surface area contributed by atoms with Crippen molar-refractivity contribution in [2.45, 2.75) is 4.90 Å². The molecule has 0 aromatic heterocycles. The molecule has 0 unspecified atom stereocenters. The summed E-state index contributed by atoms with van der Waals surface area (Å²) >= 11 is 5.56. The number of nitrogens with two attached hydrogens (primary N) is 2. The number of primary sulfonamides is 1. The van der Waals surface area contributed by atoms with Crippen molar-refractivity contribution in [3.05, 3.63) is 23.2 Å². The second-order valence-electron chi connectivity index (χ2n) is 2.27. The Kier molecular flexibility index (Phi) is 2.27. The molecule has 0 heterocycles. The monoisotopic (exact) mass is 206 g/mol. The number of benzene rings is 1. The summed E-state index contributed by atoms with van der Waals surface area (Å²) in [5.41, 5.74) is 5.62. The van der Waals surface area contributed by atoms with Gasteiger partial charge in [-0.25, -0.2) is 13.6 Å². The molecule has 1 rings (SSSR count). The van der Waals surface area contributed by atoms with E-state index in [4.69, 9.17) is 22.5 Å². The average molecular weight is 207 g/mol. The van der Waals surface area contributed by atoms with E-state index in [0.29, 0.717) is 0 Å². The second kappa shape index (κ2) is 2.93. The maximum atomic E-state index is 10.8. The van der Waals surface area contributed by atoms with Crippen LogP contribution in [0.3, 0.4) is 0 Å². The molecule has 1 aromatic rings. The maximum Gasteiger partial charge on any atom is 0.238 e. The number of hydrogen-bond donors (Lipinski definition) is 2. The van der Waals surface area contributed by atoms with Gasteiger partial charge in [-0.15, -0.1) is 0 Å². The van der Waals surface area contributed by atoms with Crippen LogP contribution < -0.4 is 10.9 Å². The zero-order valence-corrected chi connectivity index (χ0v) is 7.56. The highest BCUT2D eigenvalue weighted by molar-refractivity contribution is 7.89. The van der Waals surface area contributed by atoms with Gasteiger partial charge in [0, 0.05) is 10.7 Å². The summed E-state index contributed by atoms with van der Waals surface area (Å²) in [5.74, 6) is 0. The van der Waals surface area contributed by atoms with Gasteiger partial charge in [0.05, 0.1) is 4.90 Å². The summed E-state index contributed by atoms with van der Waals surface area (Å²) in [7, 11) is -3.71. The van der Waals surface area contributed by atoms with Crippen molar-refractivity contribution < 1.29 is 8.42 Å². The lowest BCUT2D eigenvalue weighted by molar-refractivity contribution is 0.598. The summed E-state index contributed by atoms with van der Waals surface area (Å²) in [4.78, 5) is -0.0764. The van der Waals surface area contributed by atoms with Crippen LogP contribution in [0.5, 0.6) is 0 Å². The van der Waals surface area contributed by atoms with Gasteiger partial charge in [-0.1, -0.05) is 11.6 Å². The lowest BCUT2D eigenvalue weighted by atomic mass is 10.3. The van der Waals surface area contributed by atoms with Gasteiger partial charge in [0.1, 0.15) is 0 Å². The first kappa shape index (κ1) is 9.31. The lowest BCUT2D eigenvalue weighted by Crippen LogP contribution is -2.12. The molecular weight excluding hydrogens is 200 g/mol. The predicted molar refractivity (Wildman–Crippen MR) is 47.2 cm³/mol. The Bertz CT molecular complexity index is 382. The van der Waals surface area contributed by atoms with E-state index in [9.17, 15) is 8.42 Å². The maximum absolute atomic E-state index is 10.8. The molecule has 0 aliphatic heterocycles. The topological polar surface area (TPSA) is 86.2 Å². The molecular formula is C6H7ClN2O2S. The van der Waals surface area contributed by atoms with Gasteiger partial charge in [0.15, 0.2) is 0 Å². The highest BCUT2D eigenvalue weighted by Crippen LogP contribution is 2.18. The molecule has 0 aliphatic rings. The molecule has 0 aliphatic carbocycles. The number of sulfonamides is 1. The third-order valence-electron chi connectivity index (χ3n) is 1.22. The Morgan fingerprint density at radius 1 is 1.25 bits per heavy atom. The SMILES string of the molecule is Nc1cc(Cl)cc(S(N)(=O)=O)c1. The van der Waals surface area contributed by atoms with Gasteiger partial charge in [-0.05, 0) is 18.2 Å². The molecule has 0 saturated heterocycles. The fourth-order valence-corrected chi connectivity index (χ4v) is 1.65. The van der Waals surface area contributed by atoms with E-state index in [-0.39, 0.29) is 15.6 Å². The average Bonchev–Trinajstić information content (AvgIpc) is 1.82. The van der Waals surface area contributed by atoms with Crippen LogP contribution in [0.15, 0.2) is 23.1 Å². The minimum Gasteiger partial charge on any atom is -0.399 e. The Labute approximate surface area is 75.2 Å². The first-order chi connectivity index (χ1) is 5.39. The van der Waals surface area contributed by atoms with Crippen molar-refractivity contribution in [3.63, 3.8) is 0 Å². The number of anilines is 1. The van der Waals surface area contributed by atoms with E-state index in [0.717, 1.165) is 0 Å². The van der Waals surface area contributed by atoms with Gasteiger partial charge >= 0.3 is 0 Å². The van der Waals surface area contributed by atoms with E-state index in [1.165, 1.54) is 18.2 Å². The van der Waals surface area contributed by atoms with Gasteiger partial charge in [0.2, 0.25) is 10.0 Å². The van der Waals surface area contributed by atoms with E-state index in [1.54, 1.807) is 0 Å². The van der Waals surface area contributed by atoms with E-state index in [2.05, 4.69) is 0 Å². The molecule has 6 heteroatoms. The van der Waals surface area contributed by atoms with Crippen LogP contribution in [0, 0.1) is 0 Å². The second-order valence-corrected chi connectivity index (χ2v) is 4.26. The van der Waals surface area contributed by atoms with E-state index < -0.39 is 10.0 Å². The summed E-state index contributed by atoms with van der Waals surface area (Å²) < 4.78 is 21.6. The molecule has 0 fully saturated rings. The summed E-state index contributed by atoms with van der Waals surface area (Å²) in [6.07, 6.45) is 0. The fraction of sp³-hybridized carbons (Fsp3) is 0. The molecule has 0 spiro atoms. The summed E-state index contributed by atoms with van der Waals surface area (Å²) in [5, 5.41) is 5.10. The van der Waals surface area contributed by atoms with Gasteiger partial charge in [0.25, 0.3) is 0 Å². The zero-order chi connectivity index (χ0) is 9.35. The lowest BCUT2D eigenvalue weighted by Gasteiger charge is -2.00. The van der Waals surface area contributed by atoms with Gasteiger partial charge < -0.3 is 5.73 Å². The third kappa shape index (κ3) is 2.10. The van der Waals surface area contributed by atoms with Crippen molar-refractivity contribution in [2.75, 3.05) is 5.73 Å². The van der Waals surface area contributed by atoms with Crippen LogP contribution >= 0.6 is 11.6 Å². The Balaban J connectivity index is 3.37. The molecule has 0 bridgehead atoms. The number of hydrogen-bond acceptors (Lipinski definition) is 3. The molecule has 0 atom stereocenters. The zero-order valence-electron chi connectivity index (χ0n) is 5.99. The minimum atomic E-state index is -3.71. The smallest absolute Gasteiger partial charge is 0.238 e. The van der Waals surface area contributed by atoms with Crippen LogP contribution in [0.25, 0.3) is 0 Å². The molecule has 0 radical (unpaired) electrons. The quantitative estimate of drug-likeness (QED) is 0.659. The molecule has 0 amide bonds. The van der Waals surface area contributed by atoms with Crippen LogP contribution in [0.4, 0.5) is 5.69 Å². The Hall–Kier alpha value is -0.780. The van der Waals surface area contributed by atoms with Gasteiger partial charge in [-0.2, -0.15) is 0 Å². The number of nitrogen functional groups attached to an aromatic ring is 1. The first-order valence-electron chi connectivity index (χ1n) is 2.98. The first-order valence-corrected chi connectivity index (χ1v) is 4.91. The number of rotatable bonds is 1. The Morgan fingerprint density at radius 3 is 2.25 bits per heavy atom. The van der Waals surface area contributed by atoms with Crippen molar-refractivity contribution in [3.8, 4) is 0 Å². The van der Waals surface area contributed by atoms with Crippen LogP contribution in [0.2, 0.25) is 5.02 Å². The highest BCUT2D eigenvalue weighted by Gasteiger charge is 2.08. The third-order valence-corrected chi connectivity index (χ3v) is 2.33. The molecule has 0 saturated carbocycles. The summed E-state index contributed by atoms with van der Waals surface area (Å²) in [6.45, 7) is 0. The standard InChI is InChI=1S/C6H7ClN2O2S/c7-4-1-5(8)3-6(2-4)12(9,10)11/h1-3H,8H2,(H2,9,10,11). The van der Waals surface area contributed by atoms with Crippen LogP contribution in [0.1, 0.15) is 0 Å². The normalized spacial score (nSPS) is 11.5. The van der Waals surface area contributed by atoms with Crippen molar-refractivity contribution in [1.82, 2.24) is 0 Å². The summed E-state index contributed by atoms with van der Waals surface area (Å²) in [6, 6.07) is 3.94. The van der Waals surface area contributed by atoms with E-state index in [1.807, 2.05) is 0 Å². The minimum absolute atomic E-state index is 0.0764. The molecule has 12 heavy (non-hydrogen) atoms. The Morgan fingerprint density at radius 2 is 1.83 bits per heavy atom. The molecule has 4 nitrogen and oxygen atoms in total. The largest absolute Gasteiger partial charge is 0.399 e. The molecule has 4 N–H and O–H groups in total. The predicted octanol–water partition coefficient (Wildman–Crippen LogP) is 0.570. The van der Waals surface area contributed by atoms with Crippen molar-refractivity contribution >= 4 is 27.3 Å². The molecule has 1 aromatic carbocycles. The van der Waals surface area contributed by atoms with Gasteiger partial charge in [-0.3, -0.25) is 0 Å². The van der Waals surface area contributed by atoms with Crippen LogP contribution in [-0.2, 0) is 10.0 Å². The fourth-order valence-electron chi connectivity index (χ4n) is 0.749. The van der Waals surface area contributed by atoms with Crippen LogP contribution in [-0.4, -0.2) is 8.42 Å². The van der Waals surface area contributed by atoms with E-state index >= 15 is 0 Å². The van der Waals surface area contributed by atoms with Crippen molar-refractivity contribution in [1.29, 1.82) is 0 Å². The highest BCUT2D eigenvalue weighted by atomic mass is 35.5. The number of halogens is 1. The molecule has 66 valence electrons.